The van der Waals surface area contributed by atoms with Gasteiger partial charge in [-0.1, -0.05) is 37.4 Å². The lowest BCUT2D eigenvalue weighted by Gasteiger charge is -2.17. The first kappa shape index (κ1) is 51.6. The molecule has 2 unspecified atom stereocenters. The summed E-state index contributed by atoms with van der Waals surface area (Å²) in [6.07, 6.45) is 5.43. The summed E-state index contributed by atoms with van der Waals surface area (Å²) >= 11 is 0. The highest BCUT2D eigenvalue weighted by molar-refractivity contribution is 5.94. The van der Waals surface area contributed by atoms with Crippen LogP contribution in [0.1, 0.15) is 71.4 Å². The SMILES string of the molecule is C=CC(=O)OCCCCOc1ccc(C(=O)Oc2ccc(/C=C(\C)C(=O)O[C@@H]3COC4C3OC[C@H]4OC(=O)/C(C)=C/c3ccc(OC(=O)c4ccc(OCCCCOC(=O)C=C)cc4)cc3)cc2)cc1. The van der Waals surface area contributed by atoms with Gasteiger partial charge in [0.25, 0.3) is 0 Å². The minimum absolute atomic E-state index is 0.0551. The number of fused-ring (bicyclic) bond motifs is 1. The number of ether oxygens (including phenoxy) is 10. The summed E-state index contributed by atoms with van der Waals surface area (Å²) in [5.41, 5.74) is 2.63. The Bertz CT molecular complexity index is 2350. The molecule has 4 atom stereocenters. The summed E-state index contributed by atoms with van der Waals surface area (Å²) in [5, 5.41) is 0. The number of hydrogen-bond donors (Lipinski definition) is 0. The lowest BCUT2D eigenvalue weighted by atomic mass is 10.1. The number of benzene rings is 4. The van der Waals surface area contributed by atoms with Gasteiger partial charge >= 0.3 is 35.8 Å². The van der Waals surface area contributed by atoms with E-state index in [0.717, 1.165) is 12.2 Å². The van der Waals surface area contributed by atoms with Gasteiger partial charge in [-0.15, -0.1) is 0 Å². The van der Waals surface area contributed by atoms with Crippen LogP contribution in [0.2, 0.25) is 0 Å². The molecule has 366 valence electrons. The molecule has 2 saturated heterocycles. The molecule has 16 nitrogen and oxygen atoms in total. The zero-order chi connectivity index (χ0) is 49.8. The van der Waals surface area contributed by atoms with Gasteiger partial charge in [-0.25, -0.2) is 28.8 Å². The fourth-order valence-corrected chi connectivity index (χ4v) is 6.93. The van der Waals surface area contributed by atoms with Crippen molar-refractivity contribution in [1.82, 2.24) is 0 Å². The molecule has 0 aliphatic carbocycles. The minimum Gasteiger partial charge on any atom is -0.494 e. The number of unbranched alkanes of at least 4 members (excludes halogenated alkanes) is 2. The van der Waals surface area contributed by atoms with Crippen LogP contribution in [-0.4, -0.2) is 99.9 Å². The first-order valence-corrected chi connectivity index (χ1v) is 22.6. The number of carbonyl (C=O) groups excluding carboxylic acids is 6. The maximum Gasteiger partial charge on any atom is 0.343 e. The van der Waals surface area contributed by atoms with Gasteiger partial charge in [0, 0.05) is 23.3 Å². The van der Waals surface area contributed by atoms with Crippen molar-refractivity contribution in [3.05, 3.63) is 156 Å². The van der Waals surface area contributed by atoms with Crippen LogP contribution in [0.4, 0.5) is 0 Å². The van der Waals surface area contributed by atoms with Gasteiger partial charge in [-0.3, -0.25) is 0 Å². The molecule has 6 rings (SSSR count). The number of carbonyl (C=O) groups is 6. The van der Waals surface area contributed by atoms with Crippen LogP contribution < -0.4 is 18.9 Å². The highest BCUT2D eigenvalue weighted by atomic mass is 16.7. The second kappa shape index (κ2) is 26.1. The normalized spacial score (nSPS) is 17.3. The Morgan fingerprint density at radius 2 is 0.843 bits per heavy atom. The molecule has 0 spiro atoms. The predicted octanol–water partition coefficient (Wildman–Crippen LogP) is 8.03. The third-order valence-electron chi connectivity index (χ3n) is 10.7. The summed E-state index contributed by atoms with van der Waals surface area (Å²) in [7, 11) is 0. The average Bonchev–Trinajstić information content (AvgIpc) is 3.97. The second-order valence-corrected chi connectivity index (χ2v) is 16.0. The molecule has 4 aromatic carbocycles. The smallest absolute Gasteiger partial charge is 0.343 e. The van der Waals surface area contributed by atoms with Crippen molar-refractivity contribution in [2.75, 3.05) is 39.6 Å². The van der Waals surface area contributed by atoms with Crippen molar-refractivity contribution in [3.8, 4) is 23.0 Å². The van der Waals surface area contributed by atoms with E-state index in [0.29, 0.717) is 95.3 Å². The lowest BCUT2D eigenvalue weighted by Crippen LogP contribution is -2.36. The molecule has 0 bridgehead atoms. The Morgan fingerprint density at radius 1 is 0.500 bits per heavy atom. The van der Waals surface area contributed by atoms with Crippen LogP contribution >= 0.6 is 0 Å². The molecular formula is C54H54O16. The lowest BCUT2D eigenvalue weighted by molar-refractivity contribution is -0.150. The van der Waals surface area contributed by atoms with Crippen LogP contribution in [0.25, 0.3) is 12.2 Å². The quantitative estimate of drug-likeness (QED) is 0.0215. The number of hydrogen-bond acceptors (Lipinski definition) is 16. The Morgan fingerprint density at radius 3 is 1.20 bits per heavy atom. The molecule has 2 heterocycles. The topological polar surface area (TPSA) is 195 Å². The highest BCUT2D eigenvalue weighted by Gasteiger charge is 2.51. The van der Waals surface area contributed by atoms with Crippen LogP contribution in [0.3, 0.4) is 0 Å². The molecule has 0 amide bonds. The van der Waals surface area contributed by atoms with E-state index in [4.69, 9.17) is 47.4 Å². The van der Waals surface area contributed by atoms with Gasteiger partial charge < -0.3 is 47.4 Å². The van der Waals surface area contributed by atoms with E-state index in [9.17, 15) is 28.8 Å². The second-order valence-electron chi connectivity index (χ2n) is 16.0. The maximum atomic E-state index is 13.1. The first-order valence-electron chi connectivity index (χ1n) is 22.6. The average molecular weight is 959 g/mol. The van der Waals surface area contributed by atoms with E-state index in [1.54, 1.807) is 123 Å². The van der Waals surface area contributed by atoms with E-state index in [2.05, 4.69) is 13.2 Å². The highest BCUT2D eigenvalue weighted by Crippen LogP contribution is 2.32. The third-order valence-corrected chi connectivity index (χ3v) is 10.7. The molecule has 2 aliphatic heterocycles. The van der Waals surface area contributed by atoms with Gasteiger partial charge in [0.05, 0.1) is 50.8 Å². The van der Waals surface area contributed by atoms with Gasteiger partial charge in [0.1, 0.15) is 35.2 Å². The van der Waals surface area contributed by atoms with Gasteiger partial charge in [-0.2, -0.15) is 0 Å². The molecular weight excluding hydrogens is 905 g/mol. The van der Waals surface area contributed by atoms with Gasteiger partial charge in [0.15, 0.2) is 12.2 Å². The largest absolute Gasteiger partial charge is 0.494 e. The summed E-state index contributed by atoms with van der Waals surface area (Å²) in [5.74, 6) is -1.40. The van der Waals surface area contributed by atoms with Gasteiger partial charge in [-0.05, 0) is 136 Å². The summed E-state index contributed by atoms with van der Waals surface area (Å²) in [6, 6.07) is 26.3. The Kier molecular flexibility index (Phi) is 19.2. The fraction of sp³-hybridized carbons (Fsp3) is 0.296. The molecule has 2 aliphatic rings. The molecule has 16 heteroatoms. The van der Waals surface area contributed by atoms with Crippen LogP contribution in [0.5, 0.6) is 23.0 Å². The summed E-state index contributed by atoms with van der Waals surface area (Å²) in [4.78, 5) is 74.0. The third kappa shape index (κ3) is 15.6. The van der Waals surface area contributed by atoms with Crippen molar-refractivity contribution in [1.29, 1.82) is 0 Å². The zero-order valence-corrected chi connectivity index (χ0v) is 38.9. The monoisotopic (exact) mass is 958 g/mol. The molecule has 70 heavy (non-hydrogen) atoms. The van der Waals surface area contributed by atoms with E-state index in [-0.39, 0.29) is 26.4 Å². The van der Waals surface area contributed by atoms with E-state index in [1.807, 2.05) is 0 Å². The predicted molar refractivity (Wildman–Crippen MR) is 254 cm³/mol. The van der Waals surface area contributed by atoms with Crippen molar-refractivity contribution >= 4 is 48.0 Å². The van der Waals surface area contributed by atoms with Crippen molar-refractivity contribution < 1.29 is 76.1 Å². The van der Waals surface area contributed by atoms with Crippen LogP contribution in [-0.2, 0) is 47.6 Å². The molecule has 2 fully saturated rings. The van der Waals surface area contributed by atoms with E-state index in [1.165, 1.54) is 0 Å². The Hall–Kier alpha value is -7.82. The van der Waals surface area contributed by atoms with Crippen LogP contribution in [0.15, 0.2) is 134 Å². The maximum absolute atomic E-state index is 13.1. The van der Waals surface area contributed by atoms with Crippen molar-refractivity contribution in [2.24, 2.45) is 0 Å². The first-order chi connectivity index (χ1) is 33.9. The summed E-state index contributed by atoms with van der Waals surface area (Å²) < 4.78 is 55.6. The standard InChI is InChI=1S/C54H54O16/c1-5-47(55)63-29-9-7-27-61-41-23-15-39(16-24-41)53(59)67-43-19-11-37(12-20-43)31-35(3)51(57)69-45-33-65-50-46(34-66-49(45)50)70-52(58)36(4)32-38-13-21-44(22-14-38)68-54(60)40-17-25-42(26-18-40)62-28-8-10-30-64-48(56)6-2/h5-6,11-26,31-32,45-46,49-50H,1-2,7-10,27-30,33-34H2,3-4H3/b35-31+,36-32+/t45-,46-,49?,50?/m1/s1. The Labute approximate surface area is 405 Å². The molecule has 0 aromatic heterocycles. The Balaban J connectivity index is 0.892. The molecule has 0 saturated carbocycles. The molecule has 4 aromatic rings. The zero-order valence-electron chi connectivity index (χ0n) is 38.9. The molecule has 0 radical (unpaired) electrons. The van der Waals surface area contributed by atoms with Gasteiger partial charge in [0.2, 0.25) is 0 Å². The minimum atomic E-state index is -0.727. The van der Waals surface area contributed by atoms with Crippen molar-refractivity contribution in [3.63, 3.8) is 0 Å². The van der Waals surface area contributed by atoms with E-state index >= 15 is 0 Å². The number of esters is 6. The van der Waals surface area contributed by atoms with E-state index < -0.39 is 60.2 Å². The fourth-order valence-electron chi connectivity index (χ4n) is 6.93. The molecule has 0 N–H and O–H groups in total. The van der Waals surface area contributed by atoms with Crippen LogP contribution in [0, 0.1) is 0 Å². The summed E-state index contributed by atoms with van der Waals surface area (Å²) in [6.45, 7) is 11.4. The number of rotatable bonds is 24. The van der Waals surface area contributed by atoms with Crippen molar-refractivity contribution in [2.45, 2.75) is 63.9 Å².